The molecule has 0 unspecified atom stereocenters. The van der Waals surface area contributed by atoms with Gasteiger partial charge in [-0.05, 0) is 12.5 Å². The molecule has 0 spiro atoms. The highest BCUT2D eigenvalue weighted by Gasteiger charge is 2.15. The molecule has 0 aliphatic rings. The number of hydrogen-bond donors (Lipinski definition) is 2. The van der Waals surface area contributed by atoms with E-state index in [1.807, 2.05) is 6.92 Å². The first kappa shape index (κ1) is 11.3. The number of carbonyl (C=O) groups is 2. The Morgan fingerprint density at radius 3 is 2.60 bits per heavy atom. The van der Waals surface area contributed by atoms with Gasteiger partial charge in [0.05, 0.1) is 12.0 Å². The number of nitrogens with zero attached hydrogens (tertiary/aromatic N) is 1. The number of H-pyrrole nitrogens is 1. The average molecular weight is 210 g/mol. The normalized spacial score (nSPS) is 10.0. The second-order valence-corrected chi connectivity index (χ2v) is 3.42. The fraction of sp³-hybridized carbons (Fsp3) is 0.400. The van der Waals surface area contributed by atoms with Gasteiger partial charge in [-0.2, -0.15) is 0 Å². The van der Waals surface area contributed by atoms with Gasteiger partial charge in [0.15, 0.2) is 0 Å². The van der Waals surface area contributed by atoms with Gasteiger partial charge in [0.1, 0.15) is 0 Å². The van der Waals surface area contributed by atoms with Gasteiger partial charge in [0, 0.05) is 26.0 Å². The van der Waals surface area contributed by atoms with Gasteiger partial charge >= 0.3 is 5.97 Å². The van der Waals surface area contributed by atoms with Crippen molar-refractivity contribution in [2.45, 2.75) is 13.3 Å². The summed E-state index contributed by atoms with van der Waals surface area (Å²) in [7, 11) is 1.59. The van der Waals surface area contributed by atoms with Crippen LogP contribution in [0.15, 0.2) is 12.4 Å². The summed E-state index contributed by atoms with van der Waals surface area (Å²) < 4.78 is 0. The summed E-state index contributed by atoms with van der Waals surface area (Å²) >= 11 is 0. The Morgan fingerprint density at radius 1 is 1.47 bits per heavy atom. The fourth-order valence-electron chi connectivity index (χ4n) is 1.24. The van der Waals surface area contributed by atoms with Crippen LogP contribution in [0.2, 0.25) is 0 Å². The minimum atomic E-state index is -0.902. The predicted octanol–water partition coefficient (Wildman–Crippen LogP) is 0.870. The molecule has 2 N–H and O–H groups in total. The zero-order chi connectivity index (χ0) is 11.4. The monoisotopic (exact) mass is 210 g/mol. The number of carboxylic acids is 1. The van der Waals surface area contributed by atoms with Crippen molar-refractivity contribution in [3.05, 3.63) is 23.5 Å². The standard InChI is InChI=1S/C10H14N2O3/c1-7-5-11-6-8(7)10(15)12(2)4-3-9(13)14/h5-6,11H,3-4H2,1-2H3,(H,13,14). The van der Waals surface area contributed by atoms with E-state index in [1.165, 1.54) is 4.90 Å². The minimum Gasteiger partial charge on any atom is -0.481 e. The summed E-state index contributed by atoms with van der Waals surface area (Å²) in [5.74, 6) is -1.06. The van der Waals surface area contributed by atoms with Gasteiger partial charge in [-0.15, -0.1) is 0 Å². The molecule has 5 nitrogen and oxygen atoms in total. The number of carbonyl (C=O) groups excluding carboxylic acids is 1. The fourth-order valence-corrected chi connectivity index (χ4v) is 1.24. The van der Waals surface area contributed by atoms with Crippen LogP contribution >= 0.6 is 0 Å². The Balaban J connectivity index is 2.61. The maximum Gasteiger partial charge on any atom is 0.305 e. The van der Waals surface area contributed by atoms with Crippen molar-refractivity contribution in [3.63, 3.8) is 0 Å². The van der Waals surface area contributed by atoms with Crippen molar-refractivity contribution in [2.75, 3.05) is 13.6 Å². The number of aromatic amines is 1. The third-order valence-corrected chi connectivity index (χ3v) is 2.19. The molecule has 0 aliphatic carbocycles. The lowest BCUT2D eigenvalue weighted by molar-refractivity contribution is -0.137. The van der Waals surface area contributed by atoms with Crippen LogP contribution < -0.4 is 0 Å². The SMILES string of the molecule is Cc1c[nH]cc1C(=O)N(C)CCC(=O)O. The number of nitrogens with one attached hydrogen (secondary N) is 1. The van der Waals surface area contributed by atoms with E-state index in [-0.39, 0.29) is 18.9 Å². The van der Waals surface area contributed by atoms with Crippen LogP contribution in [-0.2, 0) is 4.79 Å². The molecule has 0 radical (unpaired) electrons. The lowest BCUT2D eigenvalue weighted by Gasteiger charge is -2.15. The molecule has 0 saturated heterocycles. The molecule has 0 atom stereocenters. The first-order valence-corrected chi connectivity index (χ1v) is 4.63. The first-order chi connectivity index (χ1) is 7.02. The van der Waals surface area contributed by atoms with Crippen LogP contribution in [0.1, 0.15) is 22.3 Å². The number of amides is 1. The molecule has 1 aromatic rings. The van der Waals surface area contributed by atoms with Gasteiger partial charge in [0.2, 0.25) is 0 Å². The summed E-state index contributed by atoms with van der Waals surface area (Å²) in [5, 5.41) is 8.49. The summed E-state index contributed by atoms with van der Waals surface area (Å²) in [6, 6.07) is 0. The molecule has 0 aromatic carbocycles. The van der Waals surface area contributed by atoms with E-state index in [4.69, 9.17) is 5.11 Å². The number of rotatable bonds is 4. The minimum absolute atomic E-state index is 0.0360. The highest BCUT2D eigenvalue weighted by Crippen LogP contribution is 2.08. The molecular weight excluding hydrogens is 196 g/mol. The number of carboxylic acid groups (broad SMARTS) is 1. The summed E-state index contributed by atoms with van der Waals surface area (Å²) in [6.07, 6.45) is 3.32. The van der Waals surface area contributed by atoms with Gasteiger partial charge in [-0.3, -0.25) is 9.59 Å². The zero-order valence-corrected chi connectivity index (χ0v) is 8.78. The third-order valence-electron chi connectivity index (χ3n) is 2.19. The zero-order valence-electron chi connectivity index (χ0n) is 8.78. The molecule has 1 aromatic heterocycles. The number of aromatic nitrogens is 1. The van der Waals surface area contributed by atoms with E-state index in [1.54, 1.807) is 19.4 Å². The molecule has 1 rings (SSSR count). The summed E-state index contributed by atoms with van der Waals surface area (Å²) in [4.78, 5) is 26.3. The second-order valence-electron chi connectivity index (χ2n) is 3.42. The Bertz CT molecular complexity index is 370. The molecule has 1 heterocycles. The van der Waals surface area contributed by atoms with E-state index < -0.39 is 5.97 Å². The number of hydrogen-bond acceptors (Lipinski definition) is 2. The summed E-state index contributed by atoms with van der Waals surface area (Å²) in [6.45, 7) is 2.05. The van der Waals surface area contributed by atoms with Gasteiger partial charge < -0.3 is 15.0 Å². The molecule has 15 heavy (non-hydrogen) atoms. The molecule has 82 valence electrons. The van der Waals surface area contributed by atoms with Crippen molar-refractivity contribution in [3.8, 4) is 0 Å². The number of aryl methyl sites for hydroxylation is 1. The van der Waals surface area contributed by atoms with Crippen LogP contribution in [0.3, 0.4) is 0 Å². The van der Waals surface area contributed by atoms with E-state index in [9.17, 15) is 9.59 Å². The van der Waals surface area contributed by atoms with E-state index >= 15 is 0 Å². The first-order valence-electron chi connectivity index (χ1n) is 4.63. The Hall–Kier alpha value is -1.78. The van der Waals surface area contributed by atoms with Crippen LogP contribution in [0.25, 0.3) is 0 Å². The van der Waals surface area contributed by atoms with Crippen molar-refractivity contribution < 1.29 is 14.7 Å². The lowest BCUT2D eigenvalue weighted by Crippen LogP contribution is -2.29. The van der Waals surface area contributed by atoms with Crippen LogP contribution in [0.5, 0.6) is 0 Å². The van der Waals surface area contributed by atoms with Gasteiger partial charge in [0.25, 0.3) is 5.91 Å². The van der Waals surface area contributed by atoms with Crippen molar-refractivity contribution in [2.24, 2.45) is 0 Å². The van der Waals surface area contributed by atoms with Crippen molar-refractivity contribution in [1.82, 2.24) is 9.88 Å². The molecule has 0 saturated carbocycles. The Kier molecular flexibility index (Phi) is 3.49. The molecule has 0 aliphatic heterocycles. The van der Waals surface area contributed by atoms with Gasteiger partial charge in [-0.1, -0.05) is 0 Å². The smallest absolute Gasteiger partial charge is 0.305 e. The molecule has 5 heteroatoms. The van der Waals surface area contributed by atoms with Crippen molar-refractivity contribution in [1.29, 1.82) is 0 Å². The number of aliphatic carboxylic acids is 1. The molecule has 0 bridgehead atoms. The summed E-state index contributed by atoms with van der Waals surface area (Å²) in [5.41, 5.74) is 1.45. The molecule has 0 fully saturated rings. The Labute approximate surface area is 87.7 Å². The maximum atomic E-state index is 11.8. The van der Waals surface area contributed by atoms with E-state index in [2.05, 4.69) is 4.98 Å². The molecular formula is C10H14N2O3. The van der Waals surface area contributed by atoms with Gasteiger partial charge in [-0.25, -0.2) is 0 Å². The second kappa shape index (κ2) is 4.63. The average Bonchev–Trinajstić information content (AvgIpc) is 2.59. The highest BCUT2D eigenvalue weighted by molar-refractivity contribution is 5.95. The highest BCUT2D eigenvalue weighted by atomic mass is 16.4. The predicted molar refractivity (Wildman–Crippen MR) is 54.7 cm³/mol. The Morgan fingerprint density at radius 2 is 2.13 bits per heavy atom. The largest absolute Gasteiger partial charge is 0.481 e. The quantitative estimate of drug-likeness (QED) is 0.774. The lowest BCUT2D eigenvalue weighted by atomic mass is 10.2. The molecule has 1 amide bonds. The van der Waals surface area contributed by atoms with Crippen LogP contribution in [0, 0.1) is 6.92 Å². The van der Waals surface area contributed by atoms with Crippen molar-refractivity contribution >= 4 is 11.9 Å². The van der Waals surface area contributed by atoms with Crippen LogP contribution in [0.4, 0.5) is 0 Å². The maximum absolute atomic E-state index is 11.8. The van der Waals surface area contributed by atoms with Crippen LogP contribution in [-0.4, -0.2) is 40.5 Å². The van der Waals surface area contributed by atoms with E-state index in [0.717, 1.165) is 5.56 Å². The van der Waals surface area contributed by atoms with E-state index in [0.29, 0.717) is 5.56 Å². The topological polar surface area (TPSA) is 73.4 Å². The third kappa shape index (κ3) is 2.83.